The van der Waals surface area contributed by atoms with Gasteiger partial charge in [0.15, 0.2) is 0 Å². The Morgan fingerprint density at radius 3 is 2.89 bits per heavy atom. The predicted octanol–water partition coefficient (Wildman–Crippen LogP) is 0.976. The van der Waals surface area contributed by atoms with E-state index in [1.165, 1.54) is 5.56 Å². The number of benzene rings is 1. The van der Waals surface area contributed by atoms with E-state index in [2.05, 4.69) is 12.1 Å². The van der Waals surface area contributed by atoms with Gasteiger partial charge in [-0.3, -0.25) is 4.79 Å². The Hall–Kier alpha value is -1.39. The topological polar surface area (TPSA) is 55.6 Å². The third-order valence-electron chi connectivity index (χ3n) is 4.05. The first-order chi connectivity index (χ1) is 9.29. The molecule has 0 radical (unpaired) electrons. The highest BCUT2D eigenvalue weighted by Crippen LogP contribution is 2.48. The van der Waals surface area contributed by atoms with Crippen LogP contribution in [0.25, 0.3) is 0 Å². The number of nitrogens with zero attached hydrogens (tertiary/aromatic N) is 1. The van der Waals surface area contributed by atoms with Gasteiger partial charge in [0.2, 0.25) is 5.91 Å². The molecule has 2 fully saturated rings. The normalized spacial score (nSPS) is 30.2. The van der Waals surface area contributed by atoms with Crippen molar-refractivity contribution in [3.63, 3.8) is 0 Å². The number of nitrogens with two attached hydrogens (primary N) is 1. The summed E-state index contributed by atoms with van der Waals surface area (Å²) in [5.74, 6) is 0.849. The molecule has 102 valence electrons. The van der Waals surface area contributed by atoms with Gasteiger partial charge in [-0.1, -0.05) is 30.3 Å². The Balaban J connectivity index is 1.60. The van der Waals surface area contributed by atoms with Gasteiger partial charge in [0.05, 0.1) is 12.7 Å². The van der Waals surface area contributed by atoms with E-state index >= 15 is 0 Å². The molecule has 0 aromatic heterocycles. The van der Waals surface area contributed by atoms with Crippen LogP contribution in [0.1, 0.15) is 17.9 Å². The lowest BCUT2D eigenvalue weighted by Gasteiger charge is -2.32. The van der Waals surface area contributed by atoms with E-state index in [-0.39, 0.29) is 17.9 Å². The number of ether oxygens (including phenoxy) is 1. The van der Waals surface area contributed by atoms with E-state index in [1.54, 1.807) is 0 Å². The van der Waals surface area contributed by atoms with Crippen LogP contribution in [0, 0.1) is 5.92 Å². The van der Waals surface area contributed by atoms with Gasteiger partial charge in [-0.15, -0.1) is 0 Å². The highest BCUT2D eigenvalue weighted by Gasteiger charge is 2.46. The maximum atomic E-state index is 12.4. The van der Waals surface area contributed by atoms with Crippen LogP contribution >= 0.6 is 0 Å². The van der Waals surface area contributed by atoms with Gasteiger partial charge in [0.25, 0.3) is 0 Å². The van der Waals surface area contributed by atoms with E-state index in [0.29, 0.717) is 32.2 Å². The number of amides is 1. The molecule has 2 N–H and O–H groups in total. The second-order valence-corrected chi connectivity index (χ2v) is 5.37. The summed E-state index contributed by atoms with van der Waals surface area (Å²) in [5, 5.41) is 0. The van der Waals surface area contributed by atoms with Crippen LogP contribution in [0.2, 0.25) is 0 Å². The quantitative estimate of drug-likeness (QED) is 0.881. The van der Waals surface area contributed by atoms with Gasteiger partial charge in [-0.25, -0.2) is 0 Å². The van der Waals surface area contributed by atoms with Crippen LogP contribution in [-0.2, 0) is 9.53 Å². The lowest BCUT2D eigenvalue weighted by Crippen LogP contribution is -2.48. The second kappa shape index (κ2) is 5.31. The summed E-state index contributed by atoms with van der Waals surface area (Å²) in [7, 11) is 0. The van der Waals surface area contributed by atoms with E-state index in [0.717, 1.165) is 6.42 Å². The minimum Gasteiger partial charge on any atom is -0.373 e. The van der Waals surface area contributed by atoms with Crippen molar-refractivity contribution in [1.29, 1.82) is 0 Å². The number of carbonyl (C=O) groups excluding carboxylic acids is 1. The third kappa shape index (κ3) is 2.65. The standard InChI is InChI=1S/C15H20N2O2/c16-9-12-10-17(6-7-19-12)15(18)14-8-13(14)11-4-2-1-3-5-11/h1-5,12-14H,6-10,16H2. The maximum absolute atomic E-state index is 12.4. The molecule has 0 spiro atoms. The van der Waals surface area contributed by atoms with Crippen LogP contribution in [0.4, 0.5) is 0 Å². The average Bonchev–Trinajstić information content (AvgIpc) is 3.28. The number of morpholine rings is 1. The van der Waals surface area contributed by atoms with Crippen molar-refractivity contribution in [2.45, 2.75) is 18.4 Å². The SMILES string of the molecule is NCC1CN(C(=O)C2CC2c2ccccc2)CCO1. The molecule has 4 nitrogen and oxygen atoms in total. The van der Waals surface area contributed by atoms with Crippen molar-refractivity contribution in [2.75, 3.05) is 26.2 Å². The van der Waals surface area contributed by atoms with Crippen molar-refractivity contribution in [2.24, 2.45) is 11.7 Å². The summed E-state index contributed by atoms with van der Waals surface area (Å²) in [6.45, 7) is 2.44. The molecular weight excluding hydrogens is 240 g/mol. The Bertz CT molecular complexity index is 449. The molecule has 1 saturated carbocycles. The fourth-order valence-electron chi connectivity index (χ4n) is 2.83. The monoisotopic (exact) mass is 260 g/mol. The summed E-state index contributed by atoms with van der Waals surface area (Å²) in [6.07, 6.45) is 0.986. The molecule has 1 aromatic rings. The summed E-state index contributed by atoms with van der Waals surface area (Å²) in [5.41, 5.74) is 6.89. The largest absolute Gasteiger partial charge is 0.373 e. The first-order valence-electron chi connectivity index (χ1n) is 6.95. The van der Waals surface area contributed by atoms with Crippen LogP contribution in [0.5, 0.6) is 0 Å². The van der Waals surface area contributed by atoms with E-state index in [9.17, 15) is 4.79 Å². The van der Waals surface area contributed by atoms with Gasteiger partial charge in [-0.2, -0.15) is 0 Å². The first kappa shape index (κ1) is 12.6. The summed E-state index contributed by atoms with van der Waals surface area (Å²) < 4.78 is 5.50. The zero-order valence-electron chi connectivity index (χ0n) is 11.0. The third-order valence-corrected chi connectivity index (χ3v) is 4.05. The fraction of sp³-hybridized carbons (Fsp3) is 0.533. The molecule has 3 atom stereocenters. The van der Waals surface area contributed by atoms with Crippen molar-refractivity contribution in [3.05, 3.63) is 35.9 Å². The van der Waals surface area contributed by atoms with Gasteiger partial charge in [-0.05, 0) is 17.9 Å². The maximum Gasteiger partial charge on any atom is 0.226 e. The summed E-state index contributed by atoms with van der Waals surface area (Å²) >= 11 is 0. The molecule has 3 unspecified atom stereocenters. The smallest absolute Gasteiger partial charge is 0.226 e. The summed E-state index contributed by atoms with van der Waals surface area (Å²) in [6, 6.07) is 10.3. The molecule has 19 heavy (non-hydrogen) atoms. The predicted molar refractivity (Wildman–Crippen MR) is 72.7 cm³/mol. The van der Waals surface area contributed by atoms with Crippen LogP contribution in [0.15, 0.2) is 30.3 Å². The minimum atomic E-state index is 0.00613. The Morgan fingerprint density at radius 2 is 2.16 bits per heavy atom. The lowest BCUT2D eigenvalue weighted by atomic mass is 10.1. The number of hydrogen-bond donors (Lipinski definition) is 1. The molecule has 1 amide bonds. The van der Waals surface area contributed by atoms with E-state index in [4.69, 9.17) is 10.5 Å². The molecule has 1 aliphatic heterocycles. The summed E-state index contributed by atoms with van der Waals surface area (Å²) in [4.78, 5) is 14.4. The highest BCUT2D eigenvalue weighted by atomic mass is 16.5. The van der Waals surface area contributed by atoms with E-state index in [1.807, 2.05) is 23.1 Å². The Kier molecular flexibility index (Phi) is 3.53. The van der Waals surface area contributed by atoms with Gasteiger partial charge in [0, 0.05) is 25.6 Å². The molecule has 1 aliphatic carbocycles. The molecule has 4 heteroatoms. The molecule has 1 saturated heterocycles. The van der Waals surface area contributed by atoms with Crippen molar-refractivity contribution >= 4 is 5.91 Å². The zero-order valence-corrected chi connectivity index (χ0v) is 11.0. The van der Waals surface area contributed by atoms with Gasteiger partial charge in [0.1, 0.15) is 0 Å². The molecule has 1 aromatic carbocycles. The van der Waals surface area contributed by atoms with Crippen LogP contribution in [0.3, 0.4) is 0 Å². The molecule has 3 rings (SSSR count). The number of carbonyl (C=O) groups is 1. The second-order valence-electron chi connectivity index (χ2n) is 5.37. The highest BCUT2D eigenvalue weighted by molar-refractivity contribution is 5.83. The molecule has 0 bridgehead atoms. The van der Waals surface area contributed by atoms with Crippen molar-refractivity contribution in [1.82, 2.24) is 4.90 Å². The Labute approximate surface area is 113 Å². The van der Waals surface area contributed by atoms with Gasteiger partial charge < -0.3 is 15.4 Å². The van der Waals surface area contributed by atoms with Crippen LogP contribution < -0.4 is 5.73 Å². The minimum absolute atomic E-state index is 0.00613. The molecule has 1 heterocycles. The fourth-order valence-corrected chi connectivity index (χ4v) is 2.83. The van der Waals surface area contributed by atoms with E-state index < -0.39 is 0 Å². The van der Waals surface area contributed by atoms with Gasteiger partial charge >= 0.3 is 0 Å². The molecular formula is C15H20N2O2. The lowest BCUT2D eigenvalue weighted by molar-refractivity contribution is -0.139. The average molecular weight is 260 g/mol. The number of hydrogen-bond acceptors (Lipinski definition) is 3. The van der Waals surface area contributed by atoms with Crippen molar-refractivity contribution in [3.8, 4) is 0 Å². The first-order valence-corrected chi connectivity index (χ1v) is 6.95. The number of rotatable bonds is 3. The zero-order chi connectivity index (χ0) is 13.2. The van der Waals surface area contributed by atoms with Crippen molar-refractivity contribution < 1.29 is 9.53 Å². The molecule has 2 aliphatic rings. The van der Waals surface area contributed by atoms with Crippen LogP contribution in [-0.4, -0.2) is 43.2 Å². The Morgan fingerprint density at radius 1 is 1.37 bits per heavy atom.